The second-order valence-corrected chi connectivity index (χ2v) is 3.40. The van der Waals surface area contributed by atoms with Gasteiger partial charge in [-0.2, -0.15) is 0 Å². The molecule has 0 rings (SSSR count). The summed E-state index contributed by atoms with van der Waals surface area (Å²) in [6, 6.07) is 0. The number of carbonyl (C=O) groups is 1. The van der Waals surface area contributed by atoms with E-state index in [0.29, 0.717) is 0 Å². The molecule has 12 heavy (non-hydrogen) atoms. The van der Waals surface area contributed by atoms with Crippen molar-refractivity contribution in [3.63, 3.8) is 0 Å². The molecule has 0 aliphatic carbocycles. The van der Waals surface area contributed by atoms with Gasteiger partial charge in [0.25, 0.3) is 0 Å². The Labute approximate surface area is 75.9 Å². The number of carbonyl (C=O) groups excluding carboxylic acids is 1. The summed E-state index contributed by atoms with van der Waals surface area (Å²) in [7, 11) is 0. The maximum atomic E-state index is 11.0. The Balaban J connectivity index is 3.65. The number of rotatable bonds is 5. The summed E-state index contributed by atoms with van der Waals surface area (Å²) < 4.78 is 0. The zero-order valence-corrected chi connectivity index (χ0v) is 8.76. The average Bonchev–Trinajstić information content (AvgIpc) is 2.04. The summed E-state index contributed by atoms with van der Waals surface area (Å²) in [6.45, 7) is 9.84. The van der Waals surface area contributed by atoms with Gasteiger partial charge in [-0.05, 0) is 19.3 Å². The van der Waals surface area contributed by atoms with Crippen molar-refractivity contribution in [2.24, 2.45) is 5.92 Å². The topological polar surface area (TPSA) is 20.3 Å². The van der Waals surface area contributed by atoms with E-state index < -0.39 is 0 Å². The van der Waals surface area contributed by atoms with E-state index in [4.69, 9.17) is 0 Å². The van der Waals surface area contributed by atoms with E-state index >= 15 is 0 Å². The smallest absolute Gasteiger partial charge is 0.219 e. The molecule has 0 radical (unpaired) electrons. The van der Waals surface area contributed by atoms with Gasteiger partial charge in [0.2, 0.25) is 5.91 Å². The van der Waals surface area contributed by atoms with Crippen LogP contribution >= 0.6 is 0 Å². The van der Waals surface area contributed by atoms with Crippen molar-refractivity contribution < 1.29 is 4.79 Å². The minimum atomic E-state index is 0.195. The predicted molar refractivity (Wildman–Crippen MR) is 52.0 cm³/mol. The Morgan fingerprint density at radius 3 is 2.33 bits per heavy atom. The highest BCUT2D eigenvalue weighted by molar-refractivity contribution is 5.73. The highest BCUT2D eigenvalue weighted by Gasteiger charge is 2.06. The zero-order valence-electron chi connectivity index (χ0n) is 8.76. The molecule has 0 aromatic rings. The number of hydrogen-bond donors (Lipinski definition) is 0. The van der Waals surface area contributed by atoms with Crippen LogP contribution < -0.4 is 0 Å². The van der Waals surface area contributed by atoms with Crippen LogP contribution in [-0.2, 0) is 4.79 Å². The van der Waals surface area contributed by atoms with Gasteiger partial charge in [-0.25, -0.2) is 0 Å². The van der Waals surface area contributed by atoms with Gasteiger partial charge >= 0.3 is 0 Å². The van der Waals surface area contributed by atoms with E-state index in [9.17, 15) is 4.79 Å². The molecule has 1 unspecified atom stereocenters. The van der Waals surface area contributed by atoms with Crippen molar-refractivity contribution in [1.29, 1.82) is 0 Å². The van der Waals surface area contributed by atoms with Gasteiger partial charge in [-0.15, -0.1) is 0 Å². The number of nitrogens with zero attached hydrogens (tertiary/aromatic N) is 1. The third-order valence-electron chi connectivity index (χ3n) is 2.42. The van der Waals surface area contributed by atoms with E-state index in [1.165, 1.54) is 6.42 Å². The van der Waals surface area contributed by atoms with Crippen LogP contribution in [0.2, 0.25) is 0 Å². The van der Waals surface area contributed by atoms with Crippen LogP contribution in [0.25, 0.3) is 0 Å². The van der Waals surface area contributed by atoms with Crippen LogP contribution in [0.1, 0.15) is 40.5 Å². The van der Waals surface area contributed by atoms with Crippen molar-refractivity contribution in [3.05, 3.63) is 0 Å². The second kappa shape index (κ2) is 6.04. The first kappa shape index (κ1) is 11.5. The Hall–Kier alpha value is -0.530. The Morgan fingerprint density at radius 1 is 1.42 bits per heavy atom. The van der Waals surface area contributed by atoms with Crippen molar-refractivity contribution >= 4 is 5.91 Å². The Bertz CT molecular complexity index is 134. The van der Waals surface area contributed by atoms with Crippen LogP contribution in [0.3, 0.4) is 0 Å². The molecule has 0 heterocycles. The predicted octanol–water partition coefficient (Wildman–Crippen LogP) is 2.29. The maximum Gasteiger partial charge on any atom is 0.219 e. The van der Waals surface area contributed by atoms with E-state index in [2.05, 4.69) is 13.8 Å². The van der Waals surface area contributed by atoms with Crippen LogP contribution in [0.15, 0.2) is 0 Å². The molecule has 0 fully saturated rings. The lowest BCUT2D eigenvalue weighted by Gasteiger charge is -2.20. The maximum absolute atomic E-state index is 11.0. The first-order chi connectivity index (χ1) is 5.61. The zero-order chi connectivity index (χ0) is 9.56. The first-order valence-electron chi connectivity index (χ1n) is 4.87. The van der Waals surface area contributed by atoms with E-state index in [0.717, 1.165) is 25.4 Å². The molecule has 0 N–H and O–H groups in total. The lowest BCUT2D eigenvalue weighted by atomic mass is 10.1. The molecule has 0 aromatic heterocycles. The average molecular weight is 171 g/mol. The number of hydrogen-bond acceptors (Lipinski definition) is 1. The molecule has 0 saturated heterocycles. The summed E-state index contributed by atoms with van der Waals surface area (Å²) >= 11 is 0. The Morgan fingerprint density at radius 2 is 2.00 bits per heavy atom. The molecule has 0 spiro atoms. The SMILES string of the molecule is CCC(C)CCN(CC)C(C)=O. The molecule has 0 aliphatic rings. The van der Waals surface area contributed by atoms with E-state index in [-0.39, 0.29) is 5.91 Å². The molecule has 2 nitrogen and oxygen atoms in total. The quantitative estimate of drug-likeness (QED) is 0.621. The van der Waals surface area contributed by atoms with Crippen molar-refractivity contribution in [2.45, 2.75) is 40.5 Å². The van der Waals surface area contributed by atoms with Gasteiger partial charge in [0.1, 0.15) is 0 Å². The molecular weight excluding hydrogens is 150 g/mol. The molecule has 0 aromatic carbocycles. The lowest BCUT2D eigenvalue weighted by Crippen LogP contribution is -2.30. The minimum absolute atomic E-state index is 0.195. The lowest BCUT2D eigenvalue weighted by molar-refractivity contribution is -0.128. The third kappa shape index (κ3) is 4.37. The van der Waals surface area contributed by atoms with Crippen LogP contribution in [0.5, 0.6) is 0 Å². The van der Waals surface area contributed by atoms with Gasteiger partial charge < -0.3 is 4.90 Å². The van der Waals surface area contributed by atoms with Crippen LogP contribution in [0.4, 0.5) is 0 Å². The fraction of sp³-hybridized carbons (Fsp3) is 0.900. The fourth-order valence-electron chi connectivity index (χ4n) is 1.12. The largest absolute Gasteiger partial charge is 0.343 e. The molecule has 1 atom stereocenters. The van der Waals surface area contributed by atoms with Crippen LogP contribution in [-0.4, -0.2) is 23.9 Å². The van der Waals surface area contributed by atoms with E-state index in [1.807, 2.05) is 11.8 Å². The monoisotopic (exact) mass is 171 g/mol. The van der Waals surface area contributed by atoms with Crippen molar-refractivity contribution in [3.8, 4) is 0 Å². The van der Waals surface area contributed by atoms with Gasteiger partial charge in [0.15, 0.2) is 0 Å². The molecule has 72 valence electrons. The van der Waals surface area contributed by atoms with E-state index in [1.54, 1.807) is 6.92 Å². The van der Waals surface area contributed by atoms with Crippen molar-refractivity contribution in [2.75, 3.05) is 13.1 Å². The van der Waals surface area contributed by atoms with Crippen molar-refractivity contribution in [1.82, 2.24) is 4.90 Å². The van der Waals surface area contributed by atoms with Gasteiger partial charge in [0, 0.05) is 20.0 Å². The Kier molecular flexibility index (Phi) is 5.77. The molecule has 2 heteroatoms. The van der Waals surface area contributed by atoms with Gasteiger partial charge in [-0.1, -0.05) is 20.3 Å². The highest BCUT2D eigenvalue weighted by Crippen LogP contribution is 2.07. The fourth-order valence-corrected chi connectivity index (χ4v) is 1.12. The standard InChI is InChI=1S/C10H21NO/c1-5-9(3)7-8-11(6-2)10(4)12/h9H,5-8H2,1-4H3. The van der Waals surface area contributed by atoms with Crippen LogP contribution in [0, 0.1) is 5.92 Å². The molecule has 0 aliphatic heterocycles. The molecular formula is C10H21NO. The first-order valence-corrected chi connectivity index (χ1v) is 4.87. The molecule has 1 amide bonds. The number of amides is 1. The molecule has 0 bridgehead atoms. The normalized spacial score (nSPS) is 12.7. The summed E-state index contributed by atoms with van der Waals surface area (Å²) in [4.78, 5) is 12.9. The highest BCUT2D eigenvalue weighted by atomic mass is 16.2. The summed E-state index contributed by atoms with van der Waals surface area (Å²) in [6.07, 6.45) is 2.33. The summed E-state index contributed by atoms with van der Waals surface area (Å²) in [5.74, 6) is 0.930. The summed E-state index contributed by atoms with van der Waals surface area (Å²) in [5.41, 5.74) is 0. The minimum Gasteiger partial charge on any atom is -0.343 e. The van der Waals surface area contributed by atoms with Gasteiger partial charge in [0.05, 0.1) is 0 Å². The van der Waals surface area contributed by atoms with Gasteiger partial charge in [-0.3, -0.25) is 4.79 Å². The third-order valence-corrected chi connectivity index (χ3v) is 2.42. The molecule has 0 saturated carbocycles. The second-order valence-electron chi connectivity index (χ2n) is 3.40. The summed E-state index contributed by atoms with van der Waals surface area (Å²) in [5, 5.41) is 0.